The SMILES string of the molecule is O=C(N[C@@H](Cc1ccccc1)C(=O)Nc1ccc(C(F)(F)F)cc1)c1cc(Cl)ccc1O. The summed E-state index contributed by atoms with van der Waals surface area (Å²) in [7, 11) is 0. The third-order valence-electron chi connectivity index (χ3n) is 4.59. The highest BCUT2D eigenvalue weighted by Crippen LogP contribution is 2.30. The molecule has 0 unspecified atom stereocenters. The minimum Gasteiger partial charge on any atom is -0.507 e. The first-order valence-electron chi connectivity index (χ1n) is 9.45. The van der Waals surface area contributed by atoms with Crippen LogP contribution in [-0.4, -0.2) is 23.0 Å². The van der Waals surface area contributed by atoms with E-state index in [1.807, 2.05) is 0 Å². The Morgan fingerprint density at radius 2 is 1.62 bits per heavy atom. The van der Waals surface area contributed by atoms with Gasteiger partial charge in [0.25, 0.3) is 5.91 Å². The van der Waals surface area contributed by atoms with E-state index in [0.717, 1.165) is 29.8 Å². The highest BCUT2D eigenvalue weighted by atomic mass is 35.5. The Bertz CT molecular complexity index is 1100. The number of anilines is 1. The Hall–Kier alpha value is -3.52. The number of rotatable bonds is 6. The summed E-state index contributed by atoms with van der Waals surface area (Å²) in [6.45, 7) is 0. The molecule has 0 saturated carbocycles. The third-order valence-corrected chi connectivity index (χ3v) is 4.82. The Kier molecular flexibility index (Phi) is 7.05. The number of benzene rings is 3. The first-order chi connectivity index (χ1) is 15.1. The van der Waals surface area contributed by atoms with E-state index in [1.54, 1.807) is 30.3 Å². The van der Waals surface area contributed by atoms with Crippen molar-refractivity contribution in [2.75, 3.05) is 5.32 Å². The van der Waals surface area contributed by atoms with E-state index in [-0.39, 0.29) is 28.4 Å². The number of carbonyl (C=O) groups is 2. The summed E-state index contributed by atoms with van der Waals surface area (Å²) < 4.78 is 38.3. The van der Waals surface area contributed by atoms with Crippen molar-refractivity contribution < 1.29 is 27.9 Å². The van der Waals surface area contributed by atoms with Crippen LogP contribution < -0.4 is 10.6 Å². The number of amides is 2. The molecule has 0 radical (unpaired) electrons. The summed E-state index contributed by atoms with van der Waals surface area (Å²) in [5, 5.41) is 15.3. The molecule has 3 aromatic rings. The summed E-state index contributed by atoms with van der Waals surface area (Å²) in [6, 6.07) is 15.7. The van der Waals surface area contributed by atoms with Crippen LogP contribution in [0.4, 0.5) is 18.9 Å². The Balaban J connectivity index is 1.81. The molecule has 3 rings (SSSR count). The summed E-state index contributed by atoms with van der Waals surface area (Å²) in [4.78, 5) is 25.6. The van der Waals surface area contributed by atoms with Gasteiger partial charge in [-0.1, -0.05) is 41.9 Å². The summed E-state index contributed by atoms with van der Waals surface area (Å²) in [6.07, 6.45) is -4.38. The molecule has 0 aliphatic heterocycles. The van der Waals surface area contributed by atoms with Crippen molar-refractivity contribution in [3.8, 4) is 5.75 Å². The normalized spacial score (nSPS) is 12.1. The van der Waals surface area contributed by atoms with Crippen LogP contribution in [0.5, 0.6) is 5.75 Å². The lowest BCUT2D eigenvalue weighted by Gasteiger charge is -2.19. The van der Waals surface area contributed by atoms with Gasteiger partial charge in [-0.25, -0.2) is 0 Å². The van der Waals surface area contributed by atoms with Gasteiger partial charge >= 0.3 is 6.18 Å². The first kappa shape index (κ1) is 23.1. The second-order valence-electron chi connectivity index (χ2n) is 6.94. The zero-order valence-corrected chi connectivity index (χ0v) is 17.2. The van der Waals surface area contributed by atoms with Gasteiger partial charge in [-0.3, -0.25) is 9.59 Å². The van der Waals surface area contributed by atoms with Crippen LogP contribution in [0, 0.1) is 0 Å². The molecule has 166 valence electrons. The zero-order chi connectivity index (χ0) is 23.3. The molecule has 9 heteroatoms. The van der Waals surface area contributed by atoms with Gasteiger partial charge in [0.1, 0.15) is 11.8 Å². The molecule has 0 aliphatic rings. The predicted molar refractivity (Wildman–Crippen MR) is 115 cm³/mol. The number of phenolic OH excluding ortho intramolecular Hbond substituents is 1. The van der Waals surface area contributed by atoms with Crippen molar-refractivity contribution in [3.63, 3.8) is 0 Å². The minimum absolute atomic E-state index is 0.111. The van der Waals surface area contributed by atoms with Gasteiger partial charge in [-0.15, -0.1) is 0 Å². The van der Waals surface area contributed by atoms with Crippen LogP contribution >= 0.6 is 11.6 Å². The van der Waals surface area contributed by atoms with Crippen LogP contribution in [0.3, 0.4) is 0 Å². The lowest BCUT2D eigenvalue weighted by atomic mass is 10.0. The first-order valence-corrected chi connectivity index (χ1v) is 9.82. The molecule has 3 aromatic carbocycles. The quantitative estimate of drug-likeness (QED) is 0.480. The van der Waals surface area contributed by atoms with Gasteiger partial charge in [-0.2, -0.15) is 13.2 Å². The monoisotopic (exact) mass is 462 g/mol. The fourth-order valence-electron chi connectivity index (χ4n) is 2.96. The molecule has 0 fully saturated rings. The molecule has 5 nitrogen and oxygen atoms in total. The molecular formula is C23H18ClF3N2O3. The lowest BCUT2D eigenvalue weighted by molar-refractivity contribution is -0.137. The van der Waals surface area contributed by atoms with Gasteiger partial charge in [0.2, 0.25) is 5.91 Å². The van der Waals surface area contributed by atoms with E-state index in [1.165, 1.54) is 18.2 Å². The van der Waals surface area contributed by atoms with Gasteiger partial charge in [0.05, 0.1) is 11.1 Å². The predicted octanol–water partition coefficient (Wildman–Crippen LogP) is 5.04. The van der Waals surface area contributed by atoms with Crippen LogP contribution in [-0.2, 0) is 17.4 Å². The molecule has 1 atom stereocenters. The molecule has 0 bridgehead atoms. The number of nitrogens with one attached hydrogen (secondary N) is 2. The van der Waals surface area contributed by atoms with Gasteiger partial charge < -0.3 is 15.7 Å². The number of alkyl halides is 3. The molecule has 0 saturated heterocycles. The topological polar surface area (TPSA) is 78.4 Å². The summed E-state index contributed by atoms with van der Waals surface area (Å²) in [5.74, 6) is -1.68. The number of halogens is 4. The Labute approximate surface area is 186 Å². The molecule has 0 spiro atoms. The van der Waals surface area contributed by atoms with E-state index < -0.39 is 29.6 Å². The highest BCUT2D eigenvalue weighted by molar-refractivity contribution is 6.31. The van der Waals surface area contributed by atoms with Crippen molar-refractivity contribution in [2.45, 2.75) is 18.6 Å². The second-order valence-corrected chi connectivity index (χ2v) is 7.38. The molecule has 32 heavy (non-hydrogen) atoms. The maximum atomic E-state index is 12.9. The van der Waals surface area contributed by atoms with E-state index in [9.17, 15) is 27.9 Å². The van der Waals surface area contributed by atoms with Gasteiger partial charge in [-0.05, 0) is 48.0 Å². The maximum Gasteiger partial charge on any atom is 0.416 e. The number of aromatic hydroxyl groups is 1. The van der Waals surface area contributed by atoms with Crippen molar-refractivity contribution in [2.24, 2.45) is 0 Å². The third kappa shape index (κ3) is 6.01. The van der Waals surface area contributed by atoms with Crippen LogP contribution in [0.25, 0.3) is 0 Å². The highest BCUT2D eigenvalue weighted by Gasteiger charge is 2.30. The zero-order valence-electron chi connectivity index (χ0n) is 16.5. The fraction of sp³-hybridized carbons (Fsp3) is 0.130. The summed E-state index contributed by atoms with van der Waals surface area (Å²) in [5.41, 5.74) is -0.0736. The average molecular weight is 463 g/mol. The number of phenols is 1. The van der Waals surface area contributed by atoms with E-state index in [4.69, 9.17) is 11.6 Å². The number of hydrogen-bond donors (Lipinski definition) is 3. The smallest absolute Gasteiger partial charge is 0.416 e. The van der Waals surface area contributed by atoms with Gasteiger partial charge in [0.15, 0.2) is 0 Å². The van der Waals surface area contributed by atoms with Gasteiger partial charge in [0, 0.05) is 17.1 Å². The Morgan fingerprint density at radius 1 is 0.969 bits per heavy atom. The van der Waals surface area contributed by atoms with Crippen LogP contribution in [0.15, 0.2) is 72.8 Å². The largest absolute Gasteiger partial charge is 0.507 e. The van der Waals surface area contributed by atoms with Crippen molar-refractivity contribution in [1.29, 1.82) is 0 Å². The van der Waals surface area contributed by atoms with E-state index >= 15 is 0 Å². The number of hydrogen-bond acceptors (Lipinski definition) is 3. The molecule has 0 aromatic heterocycles. The van der Waals surface area contributed by atoms with Crippen LogP contribution in [0.2, 0.25) is 5.02 Å². The van der Waals surface area contributed by atoms with E-state index in [2.05, 4.69) is 10.6 Å². The van der Waals surface area contributed by atoms with E-state index in [0.29, 0.717) is 0 Å². The molecule has 2 amide bonds. The number of carbonyl (C=O) groups excluding carboxylic acids is 2. The molecule has 3 N–H and O–H groups in total. The van der Waals surface area contributed by atoms with Crippen molar-refractivity contribution in [1.82, 2.24) is 5.32 Å². The van der Waals surface area contributed by atoms with Crippen molar-refractivity contribution in [3.05, 3.63) is 94.5 Å². The molecule has 0 aliphatic carbocycles. The fourth-order valence-corrected chi connectivity index (χ4v) is 3.13. The maximum absolute atomic E-state index is 12.9. The standard InChI is InChI=1S/C23H18ClF3N2O3/c24-16-8-11-20(30)18(13-16)21(31)29-19(12-14-4-2-1-3-5-14)22(32)28-17-9-6-15(7-10-17)23(25,26)27/h1-11,13,19,30H,12H2,(H,28,32)(H,29,31)/t19-/m0/s1. The minimum atomic E-state index is -4.49. The summed E-state index contributed by atoms with van der Waals surface area (Å²) >= 11 is 5.89. The molecular weight excluding hydrogens is 445 g/mol. The van der Waals surface area contributed by atoms with Crippen molar-refractivity contribution >= 4 is 29.1 Å². The lowest BCUT2D eigenvalue weighted by Crippen LogP contribution is -2.45. The van der Waals surface area contributed by atoms with Crippen LogP contribution in [0.1, 0.15) is 21.5 Å². The molecule has 0 heterocycles. The second kappa shape index (κ2) is 9.74. The average Bonchev–Trinajstić information content (AvgIpc) is 2.75. The Morgan fingerprint density at radius 3 is 2.25 bits per heavy atom.